The summed E-state index contributed by atoms with van der Waals surface area (Å²) in [7, 11) is 3.95. The smallest absolute Gasteiger partial charge is 0.255 e. The molecule has 0 saturated carbocycles. The maximum absolute atomic E-state index is 12.3. The molecule has 0 aliphatic rings. The lowest BCUT2D eigenvalue weighted by atomic mass is 10.1. The summed E-state index contributed by atoms with van der Waals surface area (Å²) in [4.78, 5) is 22.7. The van der Waals surface area contributed by atoms with E-state index in [2.05, 4.69) is 15.3 Å². The number of hydrogen-bond donors (Lipinski definition) is 1. The summed E-state index contributed by atoms with van der Waals surface area (Å²) in [6.07, 6.45) is 3.25. The Kier molecular flexibility index (Phi) is 3.70. The van der Waals surface area contributed by atoms with Crippen molar-refractivity contribution in [3.63, 3.8) is 0 Å². The minimum absolute atomic E-state index is 0.162. The van der Waals surface area contributed by atoms with E-state index in [1.54, 1.807) is 30.6 Å². The first-order chi connectivity index (χ1) is 10.6. The van der Waals surface area contributed by atoms with Gasteiger partial charge in [0.15, 0.2) is 0 Å². The summed E-state index contributed by atoms with van der Waals surface area (Å²) in [5.74, 6) is -0.162. The van der Waals surface area contributed by atoms with Gasteiger partial charge < -0.3 is 10.2 Å². The Bertz CT molecular complexity index is 812. The molecule has 0 bridgehead atoms. The normalized spacial score (nSPS) is 10.5. The Morgan fingerprint density at radius 1 is 0.955 bits per heavy atom. The lowest BCUT2D eigenvalue weighted by Gasteiger charge is -2.13. The third-order valence-corrected chi connectivity index (χ3v) is 3.37. The molecule has 0 aliphatic carbocycles. The Balaban J connectivity index is 1.80. The van der Waals surface area contributed by atoms with E-state index in [0.29, 0.717) is 11.1 Å². The molecular formula is C17H16N4O. The zero-order valence-corrected chi connectivity index (χ0v) is 12.4. The van der Waals surface area contributed by atoms with Crippen LogP contribution >= 0.6 is 0 Å². The first-order valence-corrected chi connectivity index (χ1v) is 6.93. The van der Waals surface area contributed by atoms with Crippen LogP contribution in [0.4, 0.5) is 11.4 Å². The van der Waals surface area contributed by atoms with Crippen LogP contribution in [-0.4, -0.2) is 30.0 Å². The van der Waals surface area contributed by atoms with Gasteiger partial charge in [0.25, 0.3) is 5.91 Å². The lowest BCUT2D eigenvalue weighted by Crippen LogP contribution is -2.12. The topological polar surface area (TPSA) is 58.1 Å². The van der Waals surface area contributed by atoms with E-state index in [4.69, 9.17) is 0 Å². The van der Waals surface area contributed by atoms with E-state index in [1.165, 1.54) is 0 Å². The predicted octanol–water partition coefficient (Wildman–Crippen LogP) is 2.95. The first kappa shape index (κ1) is 14.0. The molecule has 22 heavy (non-hydrogen) atoms. The highest BCUT2D eigenvalue weighted by molar-refractivity contribution is 6.05. The van der Waals surface area contributed by atoms with Gasteiger partial charge >= 0.3 is 0 Å². The summed E-state index contributed by atoms with van der Waals surface area (Å²) >= 11 is 0. The van der Waals surface area contributed by atoms with Gasteiger partial charge in [-0.2, -0.15) is 0 Å². The number of hydrogen-bond acceptors (Lipinski definition) is 4. The molecule has 1 amide bonds. The Morgan fingerprint density at radius 3 is 2.32 bits per heavy atom. The number of nitrogens with zero attached hydrogens (tertiary/aromatic N) is 3. The monoisotopic (exact) mass is 292 g/mol. The SMILES string of the molecule is CN(C)c1ccc(NC(=O)c2ccc3nccnc3c2)cc1. The standard InChI is InChI=1S/C17H16N4O/c1-21(2)14-6-4-13(5-7-14)20-17(22)12-3-8-15-16(11-12)19-10-9-18-15/h3-11H,1-2H3,(H,20,22). The fourth-order valence-corrected chi connectivity index (χ4v) is 2.15. The molecule has 0 unspecified atom stereocenters. The molecule has 0 atom stereocenters. The van der Waals surface area contributed by atoms with Gasteiger partial charge in [0.1, 0.15) is 0 Å². The van der Waals surface area contributed by atoms with E-state index < -0.39 is 0 Å². The zero-order chi connectivity index (χ0) is 15.5. The molecule has 1 N–H and O–H groups in total. The van der Waals surface area contributed by atoms with Crippen molar-refractivity contribution >= 4 is 28.3 Å². The molecule has 0 aliphatic heterocycles. The Hall–Kier alpha value is -2.95. The second kappa shape index (κ2) is 5.81. The number of aromatic nitrogens is 2. The number of nitrogens with one attached hydrogen (secondary N) is 1. The number of fused-ring (bicyclic) bond motifs is 1. The molecular weight excluding hydrogens is 276 g/mol. The lowest BCUT2D eigenvalue weighted by molar-refractivity contribution is 0.102. The van der Waals surface area contributed by atoms with Crippen molar-refractivity contribution in [3.8, 4) is 0 Å². The highest BCUT2D eigenvalue weighted by atomic mass is 16.1. The van der Waals surface area contributed by atoms with Crippen molar-refractivity contribution in [3.05, 3.63) is 60.4 Å². The summed E-state index contributed by atoms with van der Waals surface area (Å²) in [6, 6.07) is 13.0. The van der Waals surface area contributed by atoms with Crippen molar-refractivity contribution in [1.29, 1.82) is 0 Å². The number of anilines is 2. The average Bonchev–Trinajstić information content (AvgIpc) is 2.55. The highest BCUT2D eigenvalue weighted by Crippen LogP contribution is 2.17. The molecule has 0 fully saturated rings. The minimum Gasteiger partial charge on any atom is -0.378 e. The van der Waals surface area contributed by atoms with Gasteiger partial charge in [-0.05, 0) is 42.5 Å². The van der Waals surface area contributed by atoms with Gasteiger partial charge in [0, 0.05) is 43.4 Å². The highest BCUT2D eigenvalue weighted by Gasteiger charge is 2.08. The van der Waals surface area contributed by atoms with E-state index in [-0.39, 0.29) is 5.91 Å². The van der Waals surface area contributed by atoms with Crippen LogP contribution in [-0.2, 0) is 0 Å². The first-order valence-electron chi connectivity index (χ1n) is 6.93. The van der Waals surface area contributed by atoms with Gasteiger partial charge in [0.2, 0.25) is 0 Å². The van der Waals surface area contributed by atoms with Gasteiger partial charge in [-0.3, -0.25) is 14.8 Å². The fourth-order valence-electron chi connectivity index (χ4n) is 2.15. The second-order valence-electron chi connectivity index (χ2n) is 5.16. The Labute approximate surface area is 128 Å². The van der Waals surface area contributed by atoms with Crippen molar-refractivity contribution in [2.24, 2.45) is 0 Å². The van der Waals surface area contributed by atoms with Crippen LogP contribution in [0, 0.1) is 0 Å². The molecule has 5 heteroatoms. The van der Waals surface area contributed by atoms with E-state index in [0.717, 1.165) is 16.9 Å². The van der Waals surface area contributed by atoms with Crippen LogP contribution in [0.2, 0.25) is 0 Å². The fraction of sp³-hybridized carbons (Fsp3) is 0.118. The molecule has 0 saturated heterocycles. The molecule has 3 rings (SSSR count). The number of carbonyl (C=O) groups excluding carboxylic acids is 1. The predicted molar refractivity (Wildman–Crippen MR) is 88.3 cm³/mol. The maximum atomic E-state index is 12.3. The van der Waals surface area contributed by atoms with Crippen LogP contribution in [0.25, 0.3) is 11.0 Å². The molecule has 0 radical (unpaired) electrons. The molecule has 3 aromatic rings. The minimum atomic E-state index is -0.162. The molecule has 1 heterocycles. The summed E-state index contributed by atoms with van der Waals surface area (Å²) in [6.45, 7) is 0. The molecule has 5 nitrogen and oxygen atoms in total. The van der Waals surface area contributed by atoms with Crippen molar-refractivity contribution in [2.45, 2.75) is 0 Å². The quantitative estimate of drug-likeness (QED) is 0.806. The zero-order valence-electron chi connectivity index (χ0n) is 12.4. The van der Waals surface area contributed by atoms with E-state index in [9.17, 15) is 4.79 Å². The average molecular weight is 292 g/mol. The molecule has 2 aromatic carbocycles. The molecule has 0 spiro atoms. The number of rotatable bonds is 3. The van der Waals surface area contributed by atoms with Crippen LogP contribution < -0.4 is 10.2 Å². The molecule has 1 aromatic heterocycles. The van der Waals surface area contributed by atoms with Crippen molar-refractivity contribution in [2.75, 3.05) is 24.3 Å². The van der Waals surface area contributed by atoms with Crippen LogP contribution in [0.3, 0.4) is 0 Å². The summed E-state index contributed by atoms with van der Waals surface area (Å²) in [5.41, 5.74) is 3.88. The van der Waals surface area contributed by atoms with Gasteiger partial charge in [0.05, 0.1) is 11.0 Å². The van der Waals surface area contributed by atoms with Crippen molar-refractivity contribution < 1.29 is 4.79 Å². The van der Waals surface area contributed by atoms with E-state index >= 15 is 0 Å². The van der Waals surface area contributed by atoms with Gasteiger partial charge in [-0.15, -0.1) is 0 Å². The molecule has 110 valence electrons. The number of benzene rings is 2. The van der Waals surface area contributed by atoms with Crippen LogP contribution in [0.1, 0.15) is 10.4 Å². The number of amides is 1. The second-order valence-corrected chi connectivity index (χ2v) is 5.16. The van der Waals surface area contributed by atoms with Gasteiger partial charge in [-0.1, -0.05) is 0 Å². The van der Waals surface area contributed by atoms with Crippen LogP contribution in [0.5, 0.6) is 0 Å². The largest absolute Gasteiger partial charge is 0.378 e. The summed E-state index contributed by atoms with van der Waals surface area (Å²) < 4.78 is 0. The maximum Gasteiger partial charge on any atom is 0.255 e. The Morgan fingerprint density at radius 2 is 1.64 bits per heavy atom. The third-order valence-electron chi connectivity index (χ3n) is 3.37. The third kappa shape index (κ3) is 2.88. The van der Waals surface area contributed by atoms with Crippen molar-refractivity contribution in [1.82, 2.24) is 9.97 Å². The van der Waals surface area contributed by atoms with Crippen LogP contribution in [0.15, 0.2) is 54.9 Å². The summed E-state index contributed by atoms with van der Waals surface area (Å²) in [5, 5.41) is 2.88. The van der Waals surface area contributed by atoms with E-state index in [1.807, 2.05) is 43.3 Å². The number of carbonyl (C=O) groups is 1. The van der Waals surface area contributed by atoms with Gasteiger partial charge in [-0.25, -0.2) is 0 Å².